The lowest BCUT2D eigenvalue weighted by atomic mass is 10.1. The fourth-order valence-electron chi connectivity index (χ4n) is 5.35. The molecule has 2 aromatic carbocycles. The first-order chi connectivity index (χ1) is 17.8. The summed E-state index contributed by atoms with van der Waals surface area (Å²) in [6.07, 6.45) is 5.27. The van der Waals surface area contributed by atoms with E-state index in [4.69, 9.17) is 9.47 Å². The van der Waals surface area contributed by atoms with Gasteiger partial charge in [0.25, 0.3) is 0 Å². The molecule has 9 heteroatoms. The maximum atomic E-state index is 13.8. The highest BCUT2D eigenvalue weighted by molar-refractivity contribution is 7.92. The number of nitrogens with zero attached hydrogens (tertiary/aromatic N) is 1. The molecular formula is C28H39N3O5S. The van der Waals surface area contributed by atoms with Crippen LogP contribution >= 0.6 is 0 Å². The van der Waals surface area contributed by atoms with Crippen molar-refractivity contribution in [2.45, 2.75) is 68.9 Å². The second-order valence-electron chi connectivity index (χ2n) is 10.0. The van der Waals surface area contributed by atoms with Gasteiger partial charge in [0.15, 0.2) is 5.44 Å². The van der Waals surface area contributed by atoms with E-state index in [-0.39, 0.29) is 23.5 Å². The average molecular weight is 530 g/mol. The van der Waals surface area contributed by atoms with Gasteiger partial charge in [0.2, 0.25) is 15.7 Å². The van der Waals surface area contributed by atoms with Crippen molar-refractivity contribution < 1.29 is 22.7 Å². The minimum Gasteiger partial charge on any atom is -0.497 e. The predicted molar refractivity (Wildman–Crippen MR) is 145 cm³/mol. The Bertz CT molecular complexity index is 1150. The molecule has 2 saturated heterocycles. The molecule has 2 aliphatic rings. The first-order valence-corrected chi connectivity index (χ1v) is 14.7. The molecule has 2 atom stereocenters. The van der Waals surface area contributed by atoms with Gasteiger partial charge in [0, 0.05) is 31.4 Å². The van der Waals surface area contributed by atoms with Crippen molar-refractivity contribution >= 4 is 21.4 Å². The molecule has 2 N–H and O–H groups in total. The molecule has 4 rings (SSSR count). The fraction of sp³-hybridized carbons (Fsp3) is 0.536. The molecule has 0 spiro atoms. The second kappa shape index (κ2) is 12.3. The fourth-order valence-corrected chi connectivity index (χ4v) is 7.51. The van der Waals surface area contributed by atoms with E-state index in [2.05, 4.69) is 27.7 Å². The Morgan fingerprint density at radius 3 is 2.35 bits per heavy atom. The number of rotatable bonds is 10. The Morgan fingerprint density at radius 2 is 1.76 bits per heavy atom. The van der Waals surface area contributed by atoms with Gasteiger partial charge in [-0.1, -0.05) is 12.1 Å². The summed E-state index contributed by atoms with van der Waals surface area (Å²) in [6.45, 7) is 6.43. The monoisotopic (exact) mass is 529 g/mol. The van der Waals surface area contributed by atoms with E-state index in [1.54, 1.807) is 33.1 Å². The zero-order valence-electron chi connectivity index (χ0n) is 22.1. The van der Waals surface area contributed by atoms with Crippen molar-refractivity contribution in [2.24, 2.45) is 0 Å². The molecular weight excluding hydrogens is 490 g/mol. The number of carbonyl (C=O) groups is 1. The minimum absolute atomic E-state index is 0.237. The maximum Gasteiger partial charge on any atom is 0.246 e. The molecule has 0 aromatic heterocycles. The molecule has 0 bridgehead atoms. The number of aryl methyl sites for hydroxylation is 2. The summed E-state index contributed by atoms with van der Waals surface area (Å²) in [6, 6.07) is 11.3. The topological polar surface area (TPSA) is 97.0 Å². The van der Waals surface area contributed by atoms with Gasteiger partial charge < -0.3 is 25.0 Å². The molecule has 2 aliphatic heterocycles. The third-order valence-corrected chi connectivity index (χ3v) is 9.50. The van der Waals surface area contributed by atoms with Gasteiger partial charge in [-0.05, 0) is 93.5 Å². The van der Waals surface area contributed by atoms with Crippen LogP contribution in [0.15, 0.2) is 41.3 Å². The predicted octanol–water partition coefficient (Wildman–Crippen LogP) is 3.49. The van der Waals surface area contributed by atoms with E-state index in [9.17, 15) is 13.2 Å². The van der Waals surface area contributed by atoms with Crippen LogP contribution in [0.25, 0.3) is 0 Å². The Labute approximate surface area is 220 Å². The van der Waals surface area contributed by atoms with Gasteiger partial charge in [-0.2, -0.15) is 0 Å². The van der Waals surface area contributed by atoms with Crippen molar-refractivity contribution in [3.63, 3.8) is 0 Å². The highest BCUT2D eigenvalue weighted by Crippen LogP contribution is 2.31. The number of nitrogens with one attached hydrogen (secondary N) is 2. The van der Waals surface area contributed by atoms with E-state index in [1.807, 2.05) is 12.1 Å². The van der Waals surface area contributed by atoms with E-state index < -0.39 is 15.3 Å². The van der Waals surface area contributed by atoms with Gasteiger partial charge in [0.1, 0.15) is 12.4 Å². The summed E-state index contributed by atoms with van der Waals surface area (Å²) in [7, 11) is -2.32. The molecule has 0 saturated carbocycles. The van der Waals surface area contributed by atoms with Crippen molar-refractivity contribution in [1.82, 2.24) is 10.6 Å². The first-order valence-electron chi connectivity index (χ1n) is 13.1. The van der Waals surface area contributed by atoms with Crippen molar-refractivity contribution in [2.75, 3.05) is 38.3 Å². The van der Waals surface area contributed by atoms with E-state index in [0.717, 1.165) is 31.6 Å². The maximum absolute atomic E-state index is 13.8. The molecule has 37 heavy (non-hydrogen) atoms. The summed E-state index contributed by atoms with van der Waals surface area (Å²) < 4.78 is 38.7. The molecule has 1 amide bonds. The van der Waals surface area contributed by atoms with Crippen molar-refractivity contribution in [3.8, 4) is 5.75 Å². The highest BCUT2D eigenvalue weighted by Gasteiger charge is 2.39. The number of piperidine rings is 1. The summed E-state index contributed by atoms with van der Waals surface area (Å²) in [5.74, 6) is 0.259. The third kappa shape index (κ3) is 6.64. The van der Waals surface area contributed by atoms with Gasteiger partial charge in [0.05, 0.1) is 12.0 Å². The van der Waals surface area contributed by atoms with E-state index >= 15 is 0 Å². The van der Waals surface area contributed by atoms with Crippen LogP contribution in [0.1, 0.15) is 48.8 Å². The number of methoxy groups -OCH3 is 1. The van der Waals surface area contributed by atoms with Crippen LogP contribution < -0.4 is 20.3 Å². The lowest BCUT2D eigenvalue weighted by Crippen LogP contribution is -2.44. The Hall–Kier alpha value is -2.62. The number of carbonyl (C=O) groups excluding carboxylic acids is 1. The zero-order valence-corrected chi connectivity index (χ0v) is 22.9. The Morgan fingerprint density at radius 1 is 1.08 bits per heavy atom. The first kappa shape index (κ1) is 27.4. The van der Waals surface area contributed by atoms with Crippen LogP contribution in [0, 0.1) is 13.8 Å². The van der Waals surface area contributed by atoms with Crippen LogP contribution in [0.4, 0.5) is 5.69 Å². The zero-order chi connectivity index (χ0) is 26.4. The molecule has 8 nitrogen and oxygen atoms in total. The standard InChI is InChI=1S/C28H39N3O5S/c1-20-16-24(35-3)17-21(2)27(20)37(33,34)28(25-8-7-13-29-25)36-19-26(32)30-18-22-9-11-23(12-10-22)31-14-5-4-6-15-31/h9-12,16-17,25,28-29H,4-8,13-15,18-19H2,1-3H3,(H,30,32). The summed E-state index contributed by atoms with van der Waals surface area (Å²) in [4.78, 5) is 15.3. The van der Waals surface area contributed by atoms with Gasteiger partial charge in [-0.3, -0.25) is 4.79 Å². The second-order valence-corrected chi connectivity index (χ2v) is 12.0. The molecule has 2 aromatic rings. The molecule has 2 heterocycles. The van der Waals surface area contributed by atoms with Crippen LogP contribution in [-0.4, -0.2) is 59.2 Å². The third-order valence-electron chi connectivity index (χ3n) is 7.21. The normalized spacial score (nSPS) is 19.0. The Kier molecular flexibility index (Phi) is 9.10. The molecule has 202 valence electrons. The highest BCUT2D eigenvalue weighted by atomic mass is 32.2. The van der Waals surface area contributed by atoms with Crippen LogP contribution in [-0.2, 0) is 25.9 Å². The minimum atomic E-state index is -3.87. The van der Waals surface area contributed by atoms with Gasteiger partial charge >= 0.3 is 0 Å². The molecule has 2 unspecified atom stereocenters. The SMILES string of the molecule is COc1cc(C)c(S(=O)(=O)C(OCC(=O)NCc2ccc(N3CCCCC3)cc2)C2CCCN2)c(C)c1. The average Bonchev–Trinajstić information content (AvgIpc) is 3.42. The number of benzene rings is 2. The Balaban J connectivity index is 1.39. The molecule has 0 radical (unpaired) electrons. The molecule has 2 fully saturated rings. The van der Waals surface area contributed by atoms with E-state index in [0.29, 0.717) is 29.8 Å². The summed E-state index contributed by atoms with van der Waals surface area (Å²) in [5.41, 5.74) is 2.23. The van der Waals surface area contributed by atoms with Crippen molar-refractivity contribution in [1.29, 1.82) is 0 Å². The number of hydrogen-bond donors (Lipinski definition) is 2. The smallest absolute Gasteiger partial charge is 0.246 e. The van der Waals surface area contributed by atoms with Crippen LogP contribution in [0.5, 0.6) is 5.75 Å². The number of sulfone groups is 1. The van der Waals surface area contributed by atoms with E-state index in [1.165, 1.54) is 24.9 Å². The van der Waals surface area contributed by atoms with Crippen LogP contribution in [0.3, 0.4) is 0 Å². The number of hydrogen-bond acceptors (Lipinski definition) is 7. The quantitative estimate of drug-likeness (QED) is 0.486. The van der Waals surface area contributed by atoms with Crippen LogP contribution in [0.2, 0.25) is 0 Å². The number of ether oxygens (including phenoxy) is 2. The summed E-state index contributed by atoms with van der Waals surface area (Å²) in [5, 5.41) is 6.11. The summed E-state index contributed by atoms with van der Waals surface area (Å²) >= 11 is 0. The number of amides is 1. The van der Waals surface area contributed by atoms with Gasteiger partial charge in [-0.25, -0.2) is 8.42 Å². The van der Waals surface area contributed by atoms with Crippen molar-refractivity contribution in [3.05, 3.63) is 53.1 Å². The number of anilines is 1. The molecule has 0 aliphatic carbocycles. The largest absolute Gasteiger partial charge is 0.497 e. The lowest BCUT2D eigenvalue weighted by Gasteiger charge is -2.28. The lowest BCUT2D eigenvalue weighted by molar-refractivity contribution is -0.126. The van der Waals surface area contributed by atoms with Gasteiger partial charge in [-0.15, -0.1) is 0 Å².